The van der Waals surface area contributed by atoms with Gasteiger partial charge in [0.1, 0.15) is 25.9 Å². The highest BCUT2D eigenvalue weighted by Crippen LogP contribution is 2.18. The van der Waals surface area contributed by atoms with Gasteiger partial charge >= 0.3 is 24.0 Å². The van der Waals surface area contributed by atoms with Crippen LogP contribution in [0.2, 0.25) is 0 Å². The van der Waals surface area contributed by atoms with E-state index in [1.807, 2.05) is 0 Å². The third kappa shape index (κ3) is 34.2. The van der Waals surface area contributed by atoms with E-state index in [0.717, 1.165) is 96.7 Å². The Morgan fingerprint density at radius 2 is 0.870 bits per heavy atom. The number of ether oxygens (including phenoxy) is 4. The molecule has 1 unspecified atom stereocenters. The van der Waals surface area contributed by atoms with E-state index in [1.54, 1.807) is 0 Å². The molecule has 0 fully saturated rings. The lowest BCUT2D eigenvalue weighted by atomic mass is 10.0. The molecule has 54 heavy (non-hydrogen) atoms. The number of likely N-dealkylation sites (N-methyl/N-ethyl adjacent to an activating group) is 1. The van der Waals surface area contributed by atoms with Gasteiger partial charge in [0.2, 0.25) is 0 Å². The molecule has 0 bridgehead atoms. The molecule has 0 saturated heterocycles. The highest BCUT2D eigenvalue weighted by atomic mass is 16.6. The Morgan fingerprint density at radius 3 is 1.31 bits per heavy atom. The zero-order valence-corrected chi connectivity index (χ0v) is 35.7. The summed E-state index contributed by atoms with van der Waals surface area (Å²) in [5.74, 6) is -1.18. The van der Waals surface area contributed by atoms with E-state index in [2.05, 4.69) is 44.8 Å². The van der Waals surface area contributed by atoms with Gasteiger partial charge in [0.25, 0.3) is 0 Å². The number of carbonyl (C=O) groups is 4. The summed E-state index contributed by atoms with van der Waals surface area (Å²) in [6.07, 6.45) is 25.6. The summed E-state index contributed by atoms with van der Waals surface area (Å²) < 4.78 is 22.4. The van der Waals surface area contributed by atoms with Crippen molar-refractivity contribution in [3.8, 4) is 0 Å². The molecule has 10 nitrogen and oxygen atoms in total. The molecule has 1 atom stereocenters. The fraction of sp³-hybridized carbons (Fsp3) is 0.909. The highest BCUT2D eigenvalue weighted by Gasteiger charge is 2.18. The predicted octanol–water partition coefficient (Wildman–Crippen LogP) is 10.9. The maximum atomic E-state index is 12.7. The van der Waals surface area contributed by atoms with Crippen LogP contribution in [0.25, 0.3) is 0 Å². The van der Waals surface area contributed by atoms with E-state index in [-0.39, 0.29) is 50.3 Å². The highest BCUT2D eigenvalue weighted by molar-refractivity contribution is 5.70. The Balaban J connectivity index is 4.58. The van der Waals surface area contributed by atoms with Gasteiger partial charge in [-0.15, -0.1) is 0 Å². The molecule has 0 aromatic carbocycles. The zero-order valence-electron chi connectivity index (χ0n) is 35.7. The molecule has 0 spiro atoms. The SMILES string of the molecule is CCCCCCCCC(CCCCCCCC)OC(=O)CCCCCCC(=O)OCC(COC(=O)CCCCCCC)COC(=O)NCCN(CC)CC. The molecule has 0 aliphatic heterocycles. The van der Waals surface area contributed by atoms with Crippen LogP contribution in [0.5, 0.6) is 0 Å². The number of esters is 3. The molecule has 1 amide bonds. The number of hydrogen-bond acceptors (Lipinski definition) is 9. The quantitative estimate of drug-likeness (QED) is 0.0370. The van der Waals surface area contributed by atoms with Crippen LogP contribution in [-0.4, -0.2) is 81.0 Å². The summed E-state index contributed by atoms with van der Waals surface area (Å²) in [6, 6.07) is 0. The smallest absolute Gasteiger partial charge is 0.407 e. The lowest BCUT2D eigenvalue weighted by Gasteiger charge is -2.19. The standard InChI is InChI=1S/C44H84N2O8/c1-6-11-14-17-20-24-29-40(30-25-21-18-15-12-7-2)54-43(49)33-28-23-22-27-32-42(48)52-37-39(36-51-41(47)31-26-19-16-13-8-3)38-53-44(50)45-34-35-46(9-4)10-5/h39-40H,6-38H2,1-5H3,(H,45,50). The first-order valence-corrected chi connectivity index (χ1v) is 22.4. The summed E-state index contributed by atoms with van der Waals surface area (Å²) in [7, 11) is 0. The van der Waals surface area contributed by atoms with E-state index in [9.17, 15) is 19.2 Å². The number of alkyl carbamates (subject to hydrolysis) is 1. The van der Waals surface area contributed by atoms with E-state index >= 15 is 0 Å². The molecule has 1 N–H and O–H groups in total. The minimum atomic E-state index is -0.546. The first kappa shape index (κ1) is 51.6. The van der Waals surface area contributed by atoms with E-state index in [0.29, 0.717) is 25.8 Å². The molecule has 10 heteroatoms. The first-order valence-electron chi connectivity index (χ1n) is 22.4. The molecule has 0 aliphatic carbocycles. The predicted molar refractivity (Wildman–Crippen MR) is 219 cm³/mol. The van der Waals surface area contributed by atoms with Gasteiger partial charge in [0.05, 0.1) is 5.92 Å². The molecule has 0 radical (unpaired) electrons. The number of nitrogens with one attached hydrogen (secondary N) is 1. The maximum absolute atomic E-state index is 12.7. The van der Waals surface area contributed by atoms with Crippen LogP contribution >= 0.6 is 0 Å². The van der Waals surface area contributed by atoms with Crippen molar-refractivity contribution in [2.45, 2.75) is 208 Å². The fourth-order valence-electron chi connectivity index (χ4n) is 6.39. The van der Waals surface area contributed by atoms with Crippen LogP contribution in [0.3, 0.4) is 0 Å². The van der Waals surface area contributed by atoms with E-state index < -0.39 is 12.0 Å². The summed E-state index contributed by atoms with van der Waals surface area (Å²) >= 11 is 0. The number of nitrogens with zero attached hydrogens (tertiary/aromatic N) is 1. The fourth-order valence-corrected chi connectivity index (χ4v) is 6.39. The Kier molecular flexibility index (Phi) is 37.2. The van der Waals surface area contributed by atoms with Crippen LogP contribution in [0.4, 0.5) is 4.79 Å². The van der Waals surface area contributed by atoms with Crippen LogP contribution in [0.1, 0.15) is 202 Å². The lowest BCUT2D eigenvalue weighted by molar-refractivity contribution is -0.151. The molecular weight excluding hydrogens is 684 g/mol. The topological polar surface area (TPSA) is 120 Å². The second-order valence-corrected chi connectivity index (χ2v) is 15.1. The summed E-state index contributed by atoms with van der Waals surface area (Å²) in [4.78, 5) is 52.1. The Bertz CT molecular complexity index is 882. The average molecular weight is 769 g/mol. The largest absolute Gasteiger partial charge is 0.465 e. The Morgan fingerprint density at radius 1 is 0.481 bits per heavy atom. The van der Waals surface area contributed by atoms with Crippen LogP contribution in [-0.2, 0) is 33.3 Å². The van der Waals surface area contributed by atoms with Crippen molar-refractivity contribution in [3.05, 3.63) is 0 Å². The zero-order chi connectivity index (χ0) is 39.9. The first-order chi connectivity index (χ1) is 26.3. The monoisotopic (exact) mass is 769 g/mol. The van der Waals surface area contributed by atoms with Crippen molar-refractivity contribution >= 4 is 24.0 Å². The molecule has 0 aliphatic rings. The Labute approximate surface area is 331 Å². The second kappa shape index (κ2) is 38.9. The van der Waals surface area contributed by atoms with Gasteiger partial charge in [0.15, 0.2) is 0 Å². The lowest BCUT2D eigenvalue weighted by Crippen LogP contribution is -2.36. The number of amides is 1. The molecule has 0 aromatic rings. The molecule has 318 valence electrons. The van der Waals surface area contributed by atoms with Gasteiger partial charge in [-0.25, -0.2) is 4.79 Å². The normalized spacial score (nSPS) is 11.8. The molecule has 0 heterocycles. The van der Waals surface area contributed by atoms with Gasteiger partial charge in [-0.05, 0) is 58.0 Å². The Hall–Kier alpha value is -2.36. The van der Waals surface area contributed by atoms with Crippen molar-refractivity contribution in [2.24, 2.45) is 5.92 Å². The van der Waals surface area contributed by atoms with Gasteiger partial charge in [-0.2, -0.15) is 0 Å². The number of carbonyl (C=O) groups excluding carboxylic acids is 4. The maximum Gasteiger partial charge on any atom is 0.407 e. The number of rotatable bonds is 39. The molecule has 0 aromatic heterocycles. The molecule has 0 saturated carbocycles. The third-order valence-electron chi connectivity index (χ3n) is 10.1. The van der Waals surface area contributed by atoms with Crippen LogP contribution in [0, 0.1) is 5.92 Å². The summed E-state index contributed by atoms with van der Waals surface area (Å²) in [6.45, 7) is 13.8. The minimum absolute atomic E-state index is 0.000171. The van der Waals surface area contributed by atoms with E-state index in [1.165, 1.54) is 64.2 Å². The minimum Gasteiger partial charge on any atom is -0.465 e. The van der Waals surface area contributed by atoms with Crippen molar-refractivity contribution in [1.82, 2.24) is 10.2 Å². The second-order valence-electron chi connectivity index (χ2n) is 15.1. The van der Waals surface area contributed by atoms with Gasteiger partial charge in [-0.1, -0.05) is 137 Å². The number of unbranched alkanes of at least 4 members (excludes halogenated alkanes) is 17. The van der Waals surface area contributed by atoms with Crippen molar-refractivity contribution < 1.29 is 38.1 Å². The van der Waals surface area contributed by atoms with E-state index in [4.69, 9.17) is 18.9 Å². The van der Waals surface area contributed by atoms with Gasteiger partial charge in [-0.3, -0.25) is 14.4 Å². The van der Waals surface area contributed by atoms with Crippen LogP contribution < -0.4 is 5.32 Å². The van der Waals surface area contributed by atoms with Crippen LogP contribution in [0.15, 0.2) is 0 Å². The summed E-state index contributed by atoms with van der Waals surface area (Å²) in [5, 5.41) is 2.76. The third-order valence-corrected chi connectivity index (χ3v) is 10.1. The molecule has 0 rings (SSSR count). The van der Waals surface area contributed by atoms with Gasteiger partial charge in [0, 0.05) is 32.4 Å². The summed E-state index contributed by atoms with van der Waals surface area (Å²) in [5.41, 5.74) is 0. The van der Waals surface area contributed by atoms with Crippen molar-refractivity contribution in [3.63, 3.8) is 0 Å². The molecular formula is C44H84N2O8. The van der Waals surface area contributed by atoms with Gasteiger partial charge < -0.3 is 29.2 Å². The average Bonchev–Trinajstić information content (AvgIpc) is 3.16. The van der Waals surface area contributed by atoms with Crippen molar-refractivity contribution in [1.29, 1.82) is 0 Å². The number of hydrogen-bond donors (Lipinski definition) is 1. The van der Waals surface area contributed by atoms with Crippen molar-refractivity contribution in [2.75, 3.05) is 46.0 Å².